The van der Waals surface area contributed by atoms with Crippen molar-refractivity contribution in [2.45, 2.75) is 71.3 Å². The third-order valence-electron chi connectivity index (χ3n) is 3.12. The second-order valence-corrected chi connectivity index (χ2v) is 7.96. The summed E-state index contributed by atoms with van der Waals surface area (Å²) in [5.41, 5.74) is -3.00. The molecule has 4 nitrogen and oxygen atoms in total. The van der Waals surface area contributed by atoms with Crippen LogP contribution in [0, 0.1) is 0 Å². The summed E-state index contributed by atoms with van der Waals surface area (Å²) in [7, 11) is 0. The molecule has 1 aromatic rings. The first-order chi connectivity index (χ1) is 11.6. The molecule has 0 aromatic heterocycles. The fourth-order valence-corrected chi connectivity index (χ4v) is 2.30. The van der Waals surface area contributed by atoms with Crippen molar-refractivity contribution in [1.82, 2.24) is 0 Å². The van der Waals surface area contributed by atoms with Crippen molar-refractivity contribution in [3.8, 4) is 0 Å². The molecule has 0 saturated carbocycles. The van der Waals surface area contributed by atoms with Gasteiger partial charge in [0.05, 0.1) is 17.9 Å². The standard InChI is InChI=1S/C19H25F3O4/c1-17(2,3)25-15(23)11-13(16(24)26-18(4,5)6)12-9-7-8-10-14(12)19(20,21)22/h7-10,13H,11H2,1-6H3/t13-/m0/s1. The van der Waals surface area contributed by atoms with E-state index in [0.29, 0.717) is 0 Å². The van der Waals surface area contributed by atoms with Crippen LogP contribution in [-0.2, 0) is 25.2 Å². The van der Waals surface area contributed by atoms with Gasteiger partial charge < -0.3 is 9.47 Å². The monoisotopic (exact) mass is 374 g/mol. The molecule has 146 valence electrons. The van der Waals surface area contributed by atoms with E-state index in [-0.39, 0.29) is 5.56 Å². The number of carbonyl (C=O) groups excluding carboxylic acids is 2. The summed E-state index contributed by atoms with van der Waals surface area (Å²) in [4.78, 5) is 24.7. The van der Waals surface area contributed by atoms with E-state index in [1.807, 2.05) is 0 Å². The fourth-order valence-electron chi connectivity index (χ4n) is 2.30. The van der Waals surface area contributed by atoms with Crippen LogP contribution in [0.3, 0.4) is 0 Å². The largest absolute Gasteiger partial charge is 0.460 e. The zero-order valence-electron chi connectivity index (χ0n) is 15.9. The Kier molecular flexibility index (Phi) is 6.49. The second-order valence-electron chi connectivity index (χ2n) is 7.96. The maximum atomic E-state index is 13.4. The van der Waals surface area contributed by atoms with Crippen LogP contribution in [0.2, 0.25) is 0 Å². The molecule has 26 heavy (non-hydrogen) atoms. The van der Waals surface area contributed by atoms with Gasteiger partial charge in [-0.1, -0.05) is 18.2 Å². The first kappa shape index (κ1) is 22.0. The lowest BCUT2D eigenvalue weighted by molar-refractivity contribution is -0.164. The molecule has 0 aliphatic heterocycles. The maximum Gasteiger partial charge on any atom is 0.416 e. The molecule has 1 aromatic carbocycles. The van der Waals surface area contributed by atoms with Crippen LogP contribution in [0.25, 0.3) is 0 Å². The molecule has 0 spiro atoms. The van der Waals surface area contributed by atoms with Gasteiger partial charge >= 0.3 is 18.1 Å². The summed E-state index contributed by atoms with van der Waals surface area (Å²) in [5.74, 6) is -3.09. The van der Waals surface area contributed by atoms with E-state index in [9.17, 15) is 22.8 Å². The van der Waals surface area contributed by atoms with Crippen molar-refractivity contribution < 1.29 is 32.2 Å². The van der Waals surface area contributed by atoms with Gasteiger partial charge in [-0.2, -0.15) is 13.2 Å². The average Bonchev–Trinajstić information content (AvgIpc) is 2.40. The van der Waals surface area contributed by atoms with Crippen molar-refractivity contribution in [3.63, 3.8) is 0 Å². The molecule has 0 aliphatic carbocycles. The molecule has 0 fully saturated rings. The summed E-state index contributed by atoms with van der Waals surface area (Å²) in [6.07, 6.45) is -5.20. The SMILES string of the molecule is CC(C)(C)OC(=O)C[C@H](C(=O)OC(C)(C)C)c1ccccc1C(F)(F)F. The Morgan fingerprint density at radius 2 is 1.42 bits per heavy atom. The van der Waals surface area contributed by atoms with Crippen molar-refractivity contribution in [2.75, 3.05) is 0 Å². The van der Waals surface area contributed by atoms with Gasteiger partial charge in [0.25, 0.3) is 0 Å². The minimum absolute atomic E-state index is 0.305. The zero-order chi connectivity index (χ0) is 20.3. The fraction of sp³-hybridized carbons (Fsp3) is 0.579. The molecular formula is C19H25F3O4. The molecule has 1 rings (SSSR count). The van der Waals surface area contributed by atoms with E-state index in [1.165, 1.54) is 18.2 Å². The number of hydrogen-bond acceptors (Lipinski definition) is 4. The number of benzene rings is 1. The zero-order valence-corrected chi connectivity index (χ0v) is 15.9. The van der Waals surface area contributed by atoms with Crippen LogP contribution in [0.5, 0.6) is 0 Å². The number of esters is 2. The lowest BCUT2D eigenvalue weighted by atomic mass is 9.91. The Hall–Kier alpha value is -2.05. The second kappa shape index (κ2) is 7.68. The highest BCUT2D eigenvalue weighted by atomic mass is 19.4. The van der Waals surface area contributed by atoms with Crippen LogP contribution in [0.4, 0.5) is 13.2 Å². The van der Waals surface area contributed by atoms with Crippen LogP contribution < -0.4 is 0 Å². The number of ether oxygens (including phenoxy) is 2. The summed E-state index contributed by atoms with van der Waals surface area (Å²) in [5, 5.41) is 0. The number of hydrogen-bond donors (Lipinski definition) is 0. The number of rotatable bonds is 4. The lowest BCUT2D eigenvalue weighted by Gasteiger charge is -2.26. The molecule has 0 amide bonds. The predicted octanol–water partition coefficient (Wildman–Crippen LogP) is 4.86. The summed E-state index contributed by atoms with van der Waals surface area (Å²) in [6, 6.07) is 4.67. The van der Waals surface area contributed by atoms with Gasteiger partial charge in [-0.05, 0) is 53.2 Å². The summed E-state index contributed by atoms with van der Waals surface area (Å²) in [6.45, 7) is 9.71. The summed E-state index contributed by atoms with van der Waals surface area (Å²) < 4.78 is 50.5. The van der Waals surface area contributed by atoms with Gasteiger partial charge in [0.1, 0.15) is 11.2 Å². The van der Waals surface area contributed by atoms with Crippen molar-refractivity contribution in [3.05, 3.63) is 35.4 Å². The van der Waals surface area contributed by atoms with Crippen LogP contribution >= 0.6 is 0 Å². The van der Waals surface area contributed by atoms with Crippen LogP contribution in [0.15, 0.2) is 24.3 Å². The van der Waals surface area contributed by atoms with E-state index < -0.39 is 47.2 Å². The molecule has 0 bridgehead atoms. The van der Waals surface area contributed by atoms with Gasteiger partial charge in [0.2, 0.25) is 0 Å². The van der Waals surface area contributed by atoms with Crippen molar-refractivity contribution in [2.24, 2.45) is 0 Å². The Morgan fingerprint density at radius 3 is 1.88 bits per heavy atom. The first-order valence-corrected chi connectivity index (χ1v) is 8.21. The third-order valence-corrected chi connectivity index (χ3v) is 3.12. The third kappa shape index (κ3) is 7.06. The quantitative estimate of drug-likeness (QED) is 0.706. The van der Waals surface area contributed by atoms with E-state index in [4.69, 9.17) is 9.47 Å². The molecule has 0 saturated heterocycles. The Balaban J connectivity index is 3.29. The molecular weight excluding hydrogens is 349 g/mol. The Labute approximate surface area is 151 Å². The smallest absolute Gasteiger partial charge is 0.416 e. The molecule has 1 atom stereocenters. The Morgan fingerprint density at radius 1 is 0.923 bits per heavy atom. The number of carbonyl (C=O) groups is 2. The number of alkyl halides is 3. The molecule has 0 radical (unpaired) electrons. The molecule has 0 aliphatic rings. The van der Waals surface area contributed by atoms with Crippen molar-refractivity contribution in [1.29, 1.82) is 0 Å². The van der Waals surface area contributed by atoms with Crippen LogP contribution in [-0.4, -0.2) is 23.1 Å². The van der Waals surface area contributed by atoms with E-state index in [2.05, 4.69) is 0 Å². The minimum atomic E-state index is -4.66. The van der Waals surface area contributed by atoms with Crippen molar-refractivity contribution >= 4 is 11.9 Å². The van der Waals surface area contributed by atoms with E-state index in [0.717, 1.165) is 6.07 Å². The Bertz CT molecular complexity index is 652. The van der Waals surface area contributed by atoms with Gasteiger partial charge in [-0.15, -0.1) is 0 Å². The van der Waals surface area contributed by atoms with Gasteiger partial charge in [-0.25, -0.2) is 0 Å². The molecule has 0 unspecified atom stereocenters. The predicted molar refractivity (Wildman–Crippen MR) is 90.5 cm³/mol. The first-order valence-electron chi connectivity index (χ1n) is 8.21. The maximum absolute atomic E-state index is 13.4. The molecule has 0 heterocycles. The topological polar surface area (TPSA) is 52.6 Å². The van der Waals surface area contributed by atoms with Gasteiger partial charge in [-0.3, -0.25) is 9.59 Å². The van der Waals surface area contributed by atoms with E-state index >= 15 is 0 Å². The van der Waals surface area contributed by atoms with Crippen LogP contribution in [0.1, 0.15) is 65.0 Å². The minimum Gasteiger partial charge on any atom is -0.460 e. The molecule has 7 heteroatoms. The summed E-state index contributed by atoms with van der Waals surface area (Å²) >= 11 is 0. The number of halogens is 3. The van der Waals surface area contributed by atoms with E-state index in [1.54, 1.807) is 41.5 Å². The lowest BCUT2D eigenvalue weighted by Crippen LogP contribution is -2.32. The molecule has 0 N–H and O–H groups in total. The highest BCUT2D eigenvalue weighted by molar-refractivity contribution is 5.85. The highest BCUT2D eigenvalue weighted by Crippen LogP contribution is 2.37. The van der Waals surface area contributed by atoms with Gasteiger partial charge in [0, 0.05) is 0 Å². The average molecular weight is 374 g/mol. The highest BCUT2D eigenvalue weighted by Gasteiger charge is 2.39. The van der Waals surface area contributed by atoms with Gasteiger partial charge in [0.15, 0.2) is 0 Å². The normalized spacial score (nSPS) is 13.9.